The number of nitrogens with one attached hydrogen (secondary N) is 1. The maximum atomic E-state index is 12.4. The van der Waals surface area contributed by atoms with Gasteiger partial charge in [-0.1, -0.05) is 34.1 Å². The van der Waals surface area contributed by atoms with Crippen molar-refractivity contribution < 1.29 is 9.53 Å². The first-order valence-corrected chi connectivity index (χ1v) is 10.4. The molecule has 0 aliphatic carbocycles. The van der Waals surface area contributed by atoms with E-state index in [4.69, 9.17) is 4.74 Å². The van der Waals surface area contributed by atoms with Crippen LogP contribution in [0, 0.1) is 6.92 Å². The molecule has 138 valence electrons. The molecule has 27 heavy (non-hydrogen) atoms. The molecule has 5 heteroatoms. The third-order valence-electron chi connectivity index (χ3n) is 3.90. The number of carbonyl (C=O) groups is 1. The Bertz CT molecular complexity index is 898. The zero-order chi connectivity index (χ0) is 19.1. The summed E-state index contributed by atoms with van der Waals surface area (Å²) < 4.78 is 6.77. The van der Waals surface area contributed by atoms with Gasteiger partial charge in [-0.05, 0) is 67.1 Å². The van der Waals surface area contributed by atoms with Crippen LogP contribution in [0.25, 0.3) is 0 Å². The summed E-state index contributed by atoms with van der Waals surface area (Å²) in [7, 11) is 0. The third-order valence-corrected chi connectivity index (χ3v) is 5.76. The average Bonchev–Trinajstić information content (AvgIpc) is 2.69. The third kappa shape index (κ3) is 5.88. The van der Waals surface area contributed by atoms with Gasteiger partial charge < -0.3 is 10.1 Å². The van der Waals surface area contributed by atoms with Gasteiger partial charge in [0.2, 0.25) is 0 Å². The second-order valence-electron chi connectivity index (χ2n) is 5.95. The van der Waals surface area contributed by atoms with Crippen LogP contribution in [0.1, 0.15) is 15.9 Å². The molecule has 0 aromatic heterocycles. The molecule has 0 radical (unpaired) electrons. The first-order chi connectivity index (χ1) is 13.1. The van der Waals surface area contributed by atoms with Crippen LogP contribution in [0.3, 0.4) is 0 Å². The van der Waals surface area contributed by atoms with Crippen LogP contribution < -0.4 is 10.1 Å². The molecule has 3 aromatic carbocycles. The number of thioether (sulfide) groups is 1. The monoisotopic (exact) mass is 441 g/mol. The molecule has 0 aliphatic rings. The SMILES string of the molecule is Cc1cc(NC(=O)c2ccc(OCCSc3ccccc3)cc2)ccc1Br. The molecule has 1 N–H and O–H groups in total. The second-order valence-corrected chi connectivity index (χ2v) is 7.98. The maximum absolute atomic E-state index is 12.4. The largest absolute Gasteiger partial charge is 0.493 e. The van der Waals surface area contributed by atoms with E-state index in [9.17, 15) is 4.79 Å². The molecule has 0 atom stereocenters. The van der Waals surface area contributed by atoms with Crippen molar-refractivity contribution >= 4 is 39.3 Å². The fraction of sp³-hybridized carbons (Fsp3) is 0.136. The second kappa shape index (κ2) is 9.62. The topological polar surface area (TPSA) is 38.3 Å². The number of aryl methyl sites for hydroxylation is 1. The highest BCUT2D eigenvalue weighted by atomic mass is 79.9. The van der Waals surface area contributed by atoms with E-state index in [0.29, 0.717) is 12.2 Å². The van der Waals surface area contributed by atoms with Gasteiger partial charge in [0.15, 0.2) is 0 Å². The van der Waals surface area contributed by atoms with Crippen molar-refractivity contribution in [2.75, 3.05) is 17.7 Å². The number of amides is 1. The number of carbonyl (C=O) groups excluding carboxylic acids is 1. The van der Waals surface area contributed by atoms with E-state index in [2.05, 4.69) is 33.4 Å². The Morgan fingerprint density at radius 3 is 2.48 bits per heavy atom. The van der Waals surface area contributed by atoms with Crippen molar-refractivity contribution in [1.29, 1.82) is 0 Å². The molecular weight excluding hydrogens is 422 g/mol. The number of anilines is 1. The van der Waals surface area contributed by atoms with Crippen LogP contribution in [-0.2, 0) is 0 Å². The lowest BCUT2D eigenvalue weighted by Gasteiger charge is -2.09. The Morgan fingerprint density at radius 2 is 1.78 bits per heavy atom. The molecule has 0 bridgehead atoms. The molecule has 0 saturated carbocycles. The Morgan fingerprint density at radius 1 is 1.04 bits per heavy atom. The summed E-state index contributed by atoms with van der Waals surface area (Å²) in [6.45, 7) is 2.60. The Kier molecular flexibility index (Phi) is 6.96. The van der Waals surface area contributed by atoms with Gasteiger partial charge in [0.05, 0.1) is 6.61 Å². The van der Waals surface area contributed by atoms with Crippen molar-refractivity contribution in [3.8, 4) is 5.75 Å². The van der Waals surface area contributed by atoms with Crippen LogP contribution in [0.5, 0.6) is 5.75 Å². The van der Waals surface area contributed by atoms with Crippen molar-refractivity contribution in [1.82, 2.24) is 0 Å². The summed E-state index contributed by atoms with van der Waals surface area (Å²) in [5, 5.41) is 2.91. The molecule has 0 unspecified atom stereocenters. The van der Waals surface area contributed by atoms with E-state index in [1.807, 2.05) is 55.5 Å². The van der Waals surface area contributed by atoms with E-state index in [-0.39, 0.29) is 5.91 Å². The molecule has 0 spiro atoms. The maximum Gasteiger partial charge on any atom is 0.255 e. The van der Waals surface area contributed by atoms with Gasteiger partial charge in [-0.3, -0.25) is 4.79 Å². The fourth-order valence-corrected chi connectivity index (χ4v) is 3.46. The highest BCUT2D eigenvalue weighted by Crippen LogP contribution is 2.21. The summed E-state index contributed by atoms with van der Waals surface area (Å²) in [6.07, 6.45) is 0. The number of hydrogen-bond donors (Lipinski definition) is 1. The van der Waals surface area contributed by atoms with Crippen LogP contribution >= 0.6 is 27.7 Å². The minimum Gasteiger partial charge on any atom is -0.493 e. The van der Waals surface area contributed by atoms with Gasteiger partial charge in [-0.25, -0.2) is 0 Å². The number of hydrogen-bond acceptors (Lipinski definition) is 3. The van der Waals surface area contributed by atoms with E-state index in [1.165, 1.54) is 4.90 Å². The number of ether oxygens (including phenoxy) is 1. The Labute approximate surface area is 172 Å². The molecule has 3 rings (SSSR count). The molecule has 0 saturated heterocycles. The van der Waals surface area contributed by atoms with E-state index < -0.39 is 0 Å². The van der Waals surface area contributed by atoms with Gasteiger partial charge in [-0.15, -0.1) is 11.8 Å². The van der Waals surface area contributed by atoms with Crippen molar-refractivity contribution in [3.05, 3.63) is 88.4 Å². The van der Waals surface area contributed by atoms with E-state index in [0.717, 1.165) is 27.2 Å². The predicted molar refractivity (Wildman–Crippen MR) is 116 cm³/mol. The number of benzene rings is 3. The Hall–Kier alpha value is -2.24. The highest BCUT2D eigenvalue weighted by Gasteiger charge is 2.07. The lowest BCUT2D eigenvalue weighted by molar-refractivity contribution is 0.102. The molecule has 0 fully saturated rings. The first-order valence-electron chi connectivity index (χ1n) is 8.60. The van der Waals surface area contributed by atoms with Gasteiger partial charge >= 0.3 is 0 Å². The van der Waals surface area contributed by atoms with Crippen molar-refractivity contribution in [3.63, 3.8) is 0 Å². The van der Waals surface area contributed by atoms with Gasteiger partial charge in [0.25, 0.3) is 5.91 Å². The summed E-state index contributed by atoms with van der Waals surface area (Å²) in [6, 6.07) is 23.2. The highest BCUT2D eigenvalue weighted by molar-refractivity contribution is 9.10. The van der Waals surface area contributed by atoms with Crippen molar-refractivity contribution in [2.24, 2.45) is 0 Å². The van der Waals surface area contributed by atoms with E-state index in [1.54, 1.807) is 23.9 Å². The van der Waals surface area contributed by atoms with E-state index >= 15 is 0 Å². The summed E-state index contributed by atoms with van der Waals surface area (Å²) >= 11 is 5.22. The van der Waals surface area contributed by atoms with Crippen LogP contribution in [-0.4, -0.2) is 18.3 Å². The zero-order valence-electron chi connectivity index (χ0n) is 14.9. The molecule has 3 aromatic rings. The number of halogens is 1. The fourth-order valence-electron chi connectivity index (χ4n) is 2.46. The lowest BCUT2D eigenvalue weighted by atomic mass is 10.2. The minimum atomic E-state index is -0.136. The summed E-state index contributed by atoms with van der Waals surface area (Å²) in [5.74, 6) is 1.50. The number of rotatable bonds is 7. The quantitative estimate of drug-likeness (QED) is 0.351. The molecular formula is C22H20BrNO2S. The zero-order valence-corrected chi connectivity index (χ0v) is 17.3. The van der Waals surface area contributed by atoms with Gasteiger partial charge in [0.1, 0.15) is 5.75 Å². The van der Waals surface area contributed by atoms with Gasteiger partial charge in [0, 0.05) is 26.4 Å². The van der Waals surface area contributed by atoms with Crippen LogP contribution in [0.15, 0.2) is 82.2 Å². The van der Waals surface area contributed by atoms with Crippen LogP contribution in [0.2, 0.25) is 0 Å². The first kappa shape index (κ1) is 19.5. The minimum absolute atomic E-state index is 0.136. The predicted octanol–water partition coefficient (Wildman–Crippen LogP) is 6.18. The lowest BCUT2D eigenvalue weighted by Crippen LogP contribution is -2.12. The van der Waals surface area contributed by atoms with Gasteiger partial charge in [-0.2, -0.15) is 0 Å². The summed E-state index contributed by atoms with van der Waals surface area (Å²) in [5.41, 5.74) is 2.45. The summed E-state index contributed by atoms with van der Waals surface area (Å²) in [4.78, 5) is 13.6. The molecule has 1 amide bonds. The Balaban J connectivity index is 1.49. The molecule has 3 nitrogen and oxygen atoms in total. The van der Waals surface area contributed by atoms with Crippen molar-refractivity contribution in [2.45, 2.75) is 11.8 Å². The standard InChI is InChI=1S/C22H20BrNO2S/c1-16-15-18(9-12-21(16)23)24-22(25)17-7-10-19(11-8-17)26-13-14-27-20-5-3-2-4-6-20/h2-12,15H,13-14H2,1H3,(H,24,25). The smallest absolute Gasteiger partial charge is 0.255 e. The average molecular weight is 442 g/mol. The normalized spacial score (nSPS) is 10.4. The molecule has 0 aliphatic heterocycles. The molecule has 0 heterocycles. The van der Waals surface area contributed by atoms with Crippen LogP contribution in [0.4, 0.5) is 5.69 Å².